The first kappa shape index (κ1) is 15.6. The standard InChI is InChI=1S/C14H16N4O4/c1-10(11-5-3-2-4-6-11)15-16-13-8-7-12(17(19)20)9-14(13)18(21)22/h5,7-9,16H,2-4,6H2,1H3/b15-10-. The van der Waals surface area contributed by atoms with E-state index in [2.05, 4.69) is 16.6 Å². The second-order valence-corrected chi connectivity index (χ2v) is 5.00. The zero-order chi connectivity index (χ0) is 16.1. The van der Waals surface area contributed by atoms with Crippen molar-refractivity contribution in [1.82, 2.24) is 0 Å². The predicted octanol–water partition coefficient (Wildman–Crippen LogP) is 3.79. The van der Waals surface area contributed by atoms with E-state index in [-0.39, 0.29) is 17.1 Å². The Balaban J connectivity index is 2.23. The van der Waals surface area contributed by atoms with Gasteiger partial charge < -0.3 is 0 Å². The fourth-order valence-corrected chi connectivity index (χ4v) is 2.26. The molecular formula is C14H16N4O4. The SMILES string of the molecule is C/C(=N/Nc1ccc([N+](=O)[O-])cc1[N+](=O)[O-])C1=CCCCC1. The van der Waals surface area contributed by atoms with Gasteiger partial charge in [-0.1, -0.05) is 6.08 Å². The summed E-state index contributed by atoms with van der Waals surface area (Å²) in [6.45, 7) is 1.83. The summed E-state index contributed by atoms with van der Waals surface area (Å²) in [7, 11) is 0. The number of benzene rings is 1. The summed E-state index contributed by atoms with van der Waals surface area (Å²) in [5.41, 5.74) is 3.97. The molecule has 116 valence electrons. The Morgan fingerprint density at radius 2 is 2.00 bits per heavy atom. The Kier molecular flexibility index (Phi) is 4.82. The second kappa shape index (κ2) is 6.79. The minimum Gasteiger partial charge on any atom is -0.271 e. The molecule has 0 saturated carbocycles. The Morgan fingerprint density at radius 3 is 2.59 bits per heavy atom. The predicted molar refractivity (Wildman–Crippen MR) is 83.0 cm³/mol. The van der Waals surface area contributed by atoms with Crippen LogP contribution in [-0.2, 0) is 0 Å². The summed E-state index contributed by atoms with van der Waals surface area (Å²) in [5, 5.41) is 25.9. The number of hydrogen-bond donors (Lipinski definition) is 1. The molecule has 1 aliphatic rings. The lowest BCUT2D eigenvalue weighted by molar-refractivity contribution is -0.393. The number of rotatable bonds is 5. The molecule has 0 radical (unpaired) electrons. The van der Waals surface area contributed by atoms with Crippen molar-refractivity contribution in [3.05, 3.63) is 50.1 Å². The number of nitro groups is 2. The van der Waals surface area contributed by atoms with Crippen LogP contribution in [0, 0.1) is 20.2 Å². The average Bonchev–Trinajstić information content (AvgIpc) is 2.53. The number of hydrogen-bond acceptors (Lipinski definition) is 6. The number of nitro benzene ring substituents is 2. The van der Waals surface area contributed by atoms with Crippen LogP contribution in [0.5, 0.6) is 0 Å². The molecule has 1 aromatic rings. The number of non-ortho nitro benzene ring substituents is 1. The molecule has 0 fully saturated rings. The van der Waals surface area contributed by atoms with E-state index in [4.69, 9.17) is 0 Å². The fraction of sp³-hybridized carbons (Fsp3) is 0.357. The molecule has 1 aromatic carbocycles. The van der Waals surface area contributed by atoms with Gasteiger partial charge in [0.2, 0.25) is 0 Å². The Morgan fingerprint density at radius 1 is 1.23 bits per heavy atom. The van der Waals surface area contributed by atoms with E-state index in [1.807, 2.05) is 6.92 Å². The molecule has 0 spiro atoms. The third-order valence-electron chi connectivity index (χ3n) is 3.49. The fourth-order valence-electron chi connectivity index (χ4n) is 2.26. The van der Waals surface area contributed by atoms with Gasteiger partial charge in [0.15, 0.2) is 0 Å². The molecule has 22 heavy (non-hydrogen) atoms. The zero-order valence-corrected chi connectivity index (χ0v) is 12.1. The minimum absolute atomic E-state index is 0.131. The Hall–Kier alpha value is -2.77. The van der Waals surface area contributed by atoms with E-state index in [0.717, 1.165) is 43.0 Å². The van der Waals surface area contributed by atoms with Crippen LogP contribution in [-0.4, -0.2) is 15.6 Å². The monoisotopic (exact) mass is 304 g/mol. The normalized spacial score (nSPS) is 15.1. The van der Waals surface area contributed by atoms with Crippen LogP contribution in [0.3, 0.4) is 0 Å². The number of nitrogens with zero attached hydrogens (tertiary/aromatic N) is 3. The number of allylic oxidation sites excluding steroid dienone is 2. The maximum Gasteiger partial charge on any atom is 0.301 e. The second-order valence-electron chi connectivity index (χ2n) is 5.00. The molecule has 8 nitrogen and oxygen atoms in total. The first-order valence-corrected chi connectivity index (χ1v) is 6.91. The Labute approximate surface area is 126 Å². The molecule has 0 bridgehead atoms. The first-order valence-electron chi connectivity index (χ1n) is 6.91. The minimum atomic E-state index is -0.669. The van der Waals surface area contributed by atoms with Gasteiger partial charge in [-0.25, -0.2) is 0 Å². The van der Waals surface area contributed by atoms with E-state index in [1.54, 1.807) is 0 Å². The summed E-state index contributed by atoms with van der Waals surface area (Å²) >= 11 is 0. The highest BCUT2D eigenvalue weighted by atomic mass is 16.6. The number of anilines is 1. The van der Waals surface area contributed by atoms with Crippen LogP contribution < -0.4 is 5.43 Å². The van der Waals surface area contributed by atoms with Gasteiger partial charge in [-0.15, -0.1) is 0 Å². The van der Waals surface area contributed by atoms with E-state index in [1.165, 1.54) is 12.1 Å². The van der Waals surface area contributed by atoms with Gasteiger partial charge in [0, 0.05) is 6.07 Å². The van der Waals surface area contributed by atoms with E-state index >= 15 is 0 Å². The molecule has 0 atom stereocenters. The van der Waals surface area contributed by atoms with Crippen LogP contribution in [0.15, 0.2) is 34.9 Å². The van der Waals surface area contributed by atoms with Gasteiger partial charge in [-0.3, -0.25) is 25.7 Å². The lowest BCUT2D eigenvalue weighted by atomic mass is 9.97. The van der Waals surface area contributed by atoms with E-state index < -0.39 is 9.85 Å². The van der Waals surface area contributed by atoms with Crippen molar-refractivity contribution in [2.75, 3.05) is 5.43 Å². The van der Waals surface area contributed by atoms with Crippen molar-refractivity contribution in [2.24, 2.45) is 5.10 Å². The van der Waals surface area contributed by atoms with E-state index in [9.17, 15) is 20.2 Å². The molecule has 0 heterocycles. The number of nitrogens with one attached hydrogen (secondary N) is 1. The van der Waals surface area contributed by atoms with Crippen LogP contribution in [0.2, 0.25) is 0 Å². The van der Waals surface area contributed by atoms with E-state index in [0.29, 0.717) is 0 Å². The average molecular weight is 304 g/mol. The van der Waals surface area contributed by atoms with Gasteiger partial charge in [-0.05, 0) is 44.2 Å². The molecule has 0 unspecified atom stereocenters. The quantitative estimate of drug-likeness (QED) is 0.505. The van der Waals surface area contributed by atoms with Crippen LogP contribution >= 0.6 is 0 Å². The van der Waals surface area contributed by atoms with Crippen molar-refractivity contribution in [3.8, 4) is 0 Å². The Bertz CT molecular complexity index is 667. The molecule has 0 aromatic heterocycles. The third-order valence-corrected chi connectivity index (χ3v) is 3.49. The highest BCUT2D eigenvalue weighted by molar-refractivity contribution is 5.98. The van der Waals surface area contributed by atoms with Crippen LogP contribution in [0.1, 0.15) is 32.6 Å². The summed E-state index contributed by atoms with van der Waals surface area (Å²) in [6, 6.07) is 3.43. The molecule has 1 aliphatic carbocycles. The molecule has 1 N–H and O–H groups in total. The lowest BCUT2D eigenvalue weighted by Crippen LogP contribution is -2.05. The summed E-state index contributed by atoms with van der Waals surface area (Å²) in [5.74, 6) is 0. The van der Waals surface area contributed by atoms with Gasteiger partial charge in [0.25, 0.3) is 5.69 Å². The van der Waals surface area contributed by atoms with Crippen molar-refractivity contribution >= 4 is 22.8 Å². The first-order chi connectivity index (χ1) is 10.5. The maximum atomic E-state index is 11.0. The molecule has 0 aliphatic heterocycles. The highest BCUT2D eigenvalue weighted by Crippen LogP contribution is 2.29. The van der Waals surface area contributed by atoms with Crippen molar-refractivity contribution in [2.45, 2.75) is 32.6 Å². The molecule has 0 saturated heterocycles. The summed E-state index contributed by atoms with van der Waals surface area (Å²) in [4.78, 5) is 20.4. The van der Waals surface area contributed by atoms with Gasteiger partial charge in [0.05, 0.1) is 21.6 Å². The van der Waals surface area contributed by atoms with Crippen LogP contribution in [0.4, 0.5) is 17.1 Å². The highest BCUT2D eigenvalue weighted by Gasteiger charge is 2.19. The van der Waals surface area contributed by atoms with Gasteiger partial charge >= 0.3 is 5.69 Å². The molecular weight excluding hydrogens is 288 g/mol. The lowest BCUT2D eigenvalue weighted by Gasteiger charge is -2.12. The number of hydrazone groups is 1. The molecule has 8 heteroatoms. The van der Waals surface area contributed by atoms with Gasteiger partial charge in [-0.2, -0.15) is 5.10 Å². The largest absolute Gasteiger partial charge is 0.301 e. The van der Waals surface area contributed by atoms with Crippen molar-refractivity contribution in [1.29, 1.82) is 0 Å². The van der Waals surface area contributed by atoms with Crippen LogP contribution in [0.25, 0.3) is 0 Å². The summed E-state index contributed by atoms with van der Waals surface area (Å²) in [6.07, 6.45) is 6.35. The topological polar surface area (TPSA) is 111 Å². The zero-order valence-electron chi connectivity index (χ0n) is 12.1. The smallest absolute Gasteiger partial charge is 0.271 e. The van der Waals surface area contributed by atoms with Crippen molar-refractivity contribution in [3.63, 3.8) is 0 Å². The summed E-state index contributed by atoms with van der Waals surface area (Å²) < 4.78 is 0. The molecule has 2 rings (SSSR count). The molecule has 0 amide bonds. The third kappa shape index (κ3) is 3.66. The maximum absolute atomic E-state index is 11.0. The van der Waals surface area contributed by atoms with Gasteiger partial charge in [0.1, 0.15) is 5.69 Å². The van der Waals surface area contributed by atoms with Crippen molar-refractivity contribution < 1.29 is 9.85 Å².